The average Bonchev–Trinajstić information content (AvgIpc) is 3.67. The van der Waals surface area contributed by atoms with E-state index in [9.17, 15) is 4.79 Å². The first-order chi connectivity index (χ1) is 31.0. The Kier molecular flexibility index (Phi) is 12.2. The summed E-state index contributed by atoms with van der Waals surface area (Å²) in [4.78, 5) is 14.4. The van der Waals surface area contributed by atoms with E-state index in [-0.39, 0.29) is 5.91 Å². The largest absolute Gasteiger partial charge is 0.328 e. The predicted octanol–water partition coefficient (Wildman–Crippen LogP) is 13.8. The molecule has 4 nitrogen and oxygen atoms in total. The lowest BCUT2D eigenvalue weighted by atomic mass is 9.95. The molecule has 2 N–H and O–H groups in total. The number of rotatable bonds is 12. The minimum atomic E-state index is -0.221. The molecule has 1 heterocycles. The van der Waals surface area contributed by atoms with Gasteiger partial charge >= 0.3 is 0 Å². The number of amides is 1. The van der Waals surface area contributed by atoms with Crippen molar-refractivity contribution >= 4 is 81.8 Å². The van der Waals surface area contributed by atoms with Crippen LogP contribution in [0.5, 0.6) is 0 Å². The quantitative estimate of drug-likeness (QED) is 0.0731. The Balaban J connectivity index is 1.03. The molecule has 0 spiro atoms. The zero-order valence-electron chi connectivity index (χ0n) is 34.4. The molecular formula is C58H43N3OS. The number of hydrogen-bond acceptors (Lipinski definition) is 3. The molecule has 8 aromatic carbocycles. The second-order valence-electron chi connectivity index (χ2n) is 15.2. The Morgan fingerprint density at radius 1 is 0.381 bits per heavy atom. The van der Waals surface area contributed by atoms with Gasteiger partial charge in [-0.2, -0.15) is 0 Å². The zero-order chi connectivity index (χ0) is 42.8. The summed E-state index contributed by atoms with van der Waals surface area (Å²) in [6, 6.07) is 76.5. The van der Waals surface area contributed by atoms with Gasteiger partial charge in [-0.15, -0.1) is 0 Å². The first-order valence-corrected chi connectivity index (χ1v) is 21.3. The van der Waals surface area contributed by atoms with Crippen LogP contribution in [0.3, 0.4) is 0 Å². The van der Waals surface area contributed by atoms with Crippen molar-refractivity contribution in [1.29, 1.82) is 0 Å². The number of thiocarbonyl (C=S) groups is 1. The fourth-order valence-corrected chi connectivity index (χ4v) is 7.84. The Bertz CT molecular complexity index is 2740. The van der Waals surface area contributed by atoms with E-state index in [4.69, 9.17) is 12.2 Å². The number of hydrogen-bond donors (Lipinski definition) is 2. The summed E-state index contributed by atoms with van der Waals surface area (Å²) in [6.45, 7) is 0. The molecule has 1 amide bonds. The van der Waals surface area contributed by atoms with Crippen molar-refractivity contribution in [3.05, 3.63) is 274 Å². The number of nitrogens with one attached hydrogen (secondary N) is 2. The Hall–Kier alpha value is -8.12. The van der Waals surface area contributed by atoms with Crippen molar-refractivity contribution in [3.8, 4) is 0 Å². The molecule has 8 aromatic rings. The maximum Gasteiger partial charge on any atom is 0.273 e. The molecule has 0 radical (unpaired) electrons. The van der Waals surface area contributed by atoms with Gasteiger partial charge in [0.2, 0.25) is 0 Å². The highest BCUT2D eigenvalue weighted by atomic mass is 32.1. The van der Waals surface area contributed by atoms with Crippen LogP contribution in [-0.4, -0.2) is 11.0 Å². The molecule has 63 heavy (non-hydrogen) atoms. The Morgan fingerprint density at radius 3 is 1.03 bits per heavy atom. The predicted molar refractivity (Wildman–Crippen MR) is 268 cm³/mol. The van der Waals surface area contributed by atoms with E-state index in [2.05, 4.69) is 234 Å². The topological polar surface area (TPSA) is 44.4 Å². The average molecular weight is 830 g/mol. The molecule has 1 aliphatic heterocycles. The first kappa shape index (κ1) is 40.3. The Morgan fingerprint density at radius 2 is 0.698 bits per heavy atom. The summed E-state index contributed by atoms with van der Waals surface area (Å²) in [6.07, 6.45) is 10.5. The lowest BCUT2D eigenvalue weighted by Gasteiger charge is -2.26. The van der Waals surface area contributed by atoms with Crippen molar-refractivity contribution in [2.75, 3.05) is 4.90 Å². The van der Waals surface area contributed by atoms with Crippen LogP contribution >= 0.6 is 12.2 Å². The second-order valence-corrected chi connectivity index (χ2v) is 15.6. The SMILES string of the molecule is O=C1NC(=S)N/C1=C\c1ccc(/C=C/c2ccc(N(c3ccc(C=C(c4ccccc4)c4ccccc4)cc3)c3ccc(C=C(c4ccccc4)c4ccccc4)cc3)cc2)cc1. The second kappa shape index (κ2) is 19.1. The first-order valence-electron chi connectivity index (χ1n) is 20.9. The molecular weight excluding hydrogens is 787 g/mol. The van der Waals surface area contributed by atoms with E-state index >= 15 is 0 Å². The highest BCUT2D eigenvalue weighted by Crippen LogP contribution is 2.37. The summed E-state index contributed by atoms with van der Waals surface area (Å²) in [7, 11) is 0. The normalized spacial score (nSPS) is 12.7. The van der Waals surface area contributed by atoms with Gasteiger partial charge in [-0.25, -0.2) is 0 Å². The highest BCUT2D eigenvalue weighted by Gasteiger charge is 2.20. The molecule has 0 saturated carbocycles. The van der Waals surface area contributed by atoms with Gasteiger partial charge in [-0.3, -0.25) is 10.1 Å². The summed E-state index contributed by atoms with van der Waals surface area (Å²) in [5.74, 6) is -0.221. The van der Waals surface area contributed by atoms with Gasteiger partial charge in [0.05, 0.1) is 0 Å². The third-order valence-electron chi connectivity index (χ3n) is 10.9. The van der Waals surface area contributed by atoms with Crippen LogP contribution < -0.4 is 15.5 Å². The van der Waals surface area contributed by atoms with Crippen LogP contribution in [0.25, 0.3) is 41.5 Å². The molecule has 9 rings (SSSR count). The third kappa shape index (κ3) is 9.92. The number of nitrogens with zero attached hydrogens (tertiary/aromatic N) is 1. The van der Waals surface area contributed by atoms with Crippen molar-refractivity contribution in [2.45, 2.75) is 0 Å². The molecule has 0 aromatic heterocycles. The number of carbonyl (C=O) groups is 1. The van der Waals surface area contributed by atoms with E-state index < -0.39 is 0 Å². The molecule has 1 fully saturated rings. The number of benzene rings is 8. The highest BCUT2D eigenvalue weighted by molar-refractivity contribution is 7.80. The van der Waals surface area contributed by atoms with E-state index in [0.717, 1.165) is 44.9 Å². The molecule has 5 heteroatoms. The molecule has 0 bridgehead atoms. The van der Waals surface area contributed by atoms with Crippen molar-refractivity contribution in [3.63, 3.8) is 0 Å². The van der Waals surface area contributed by atoms with Crippen molar-refractivity contribution < 1.29 is 4.79 Å². The van der Waals surface area contributed by atoms with E-state index in [0.29, 0.717) is 10.8 Å². The van der Waals surface area contributed by atoms with Crippen LogP contribution in [0.4, 0.5) is 17.1 Å². The molecule has 1 aliphatic rings. The van der Waals surface area contributed by atoms with Crippen LogP contribution in [0, 0.1) is 0 Å². The van der Waals surface area contributed by atoms with Gasteiger partial charge in [0, 0.05) is 17.1 Å². The number of anilines is 3. The summed E-state index contributed by atoms with van der Waals surface area (Å²) >= 11 is 5.05. The third-order valence-corrected chi connectivity index (χ3v) is 11.1. The van der Waals surface area contributed by atoms with E-state index in [1.165, 1.54) is 33.4 Å². The maximum atomic E-state index is 12.1. The van der Waals surface area contributed by atoms with Crippen molar-refractivity contribution in [2.24, 2.45) is 0 Å². The number of carbonyl (C=O) groups excluding carboxylic acids is 1. The van der Waals surface area contributed by atoms with Crippen LogP contribution in [-0.2, 0) is 4.79 Å². The molecule has 0 aliphatic carbocycles. The van der Waals surface area contributed by atoms with Gasteiger partial charge in [0.1, 0.15) is 5.70 Å². The standard InChI is InChI=1S/C58H43N3OS/c62-57-56(59-58(63)60-57)41-46-25-23-42(24-26-46)21-22-43-27-33-51(34-28-43)61(52-35-29-44(30-36-52)39-54(47-13-5-1-6-14-47)48-15-7-2-8-16-48)53-37-31-45(32-38-53)40-55(49-17-9-3-10-18-49)50-19-11-4-12-20-50/h1-41H,(H2,59,60,62,63)/b22-21+,56-41-. The summed E-state index contributed by atoms with van der Waals surface area (Å²) in [5, 5.41) is 5.82. The van der Waals surface area contributed by atoms with Crippen LogP contribution in [0.2, 0.25) is 0 Å². The van der Waals surface area contributed by atoms with E-state index in [1.54, 1.807) is 6.08 Å². The molecule has 1 saturated heterocycles. The van der Waals surface area contributed by atoms with Gasteiger partial charge < -0.3 is 10.2 Å². The summed E-state index contributed by atoms with van der Waals surface area (Å²) < 4.78 is 0. The van der Waals surface area contributed by atoms with Crippen LogP contribution in [0.15, 0.2) is 224 Å². The molecule has 0 unspecified atom stereocenters. The fraction of sp³-hybridized carbons (Fsp3) is 0. The van der Waals surface area contributed by atoms with Gasteiger partial charge in [0.25, 0.3) is 5.91 Å². The molecule has 302 valence electrons. The monoisotopic (exact) mass is 829 g/mol. The zero-order valence-corrected chi connectivity index (χ0v) is 35.3. The molecule has 0 atom stereocenters. The van der Waals surface area contributed by atoms with Crippen LogP contribution in [0.1, 0.15) is 50.1 Å². The van der Waals surface area contributed by atoms with Gasteiger partial charge in [-0.1, -0.05) is 194 Å². The lowest BCUT2D eigenvalue weighted by molar-refractivity contribution is -0.115. The van der Waals surface area contributed by atoms with Crippen molar-refractivity contribution in [1.82, 2.24) is 10.6 Å². The minimum Gasteiger partial charge on any atom is -0.328 e. The fourth-order valence-electron chi connectivity index (χ4n) is 7.64. The van der Waals surface area contributed by atoms with Gasteiger partial charge in [-0.05, 0) is 128 Å². The smallest absolute Gasteiger partial charge is 0.273 e. The van der Waals surface area contributed by atoms with E-state index in [1.807, 2.05) is 24.3 Å². The lowest BCUT2D eigenvalue weighted by Crippen LogP contribution is -2.21. The van der Waals surface area contributed by atoms with Gasteiger partial charge in [0.15, 0.2) is 5.11 Å². The summed E-state index contributed by atoms with van der Waals surface area (Å²) in [5.41, 5.74) is 15.9. The Labute approximate surface area is 374 Å². The maximum absolute atomic E-state index is 12.1. The minimum absolute atomic E-state index is 0.221.